The second-order valence-corrected chi connectivity index (χ2v) is 11.9. The predicted octanol–water partition coefficient (Wildman–Crippen LogP) is 4.36. The number of amides is 1. The molecule has 7 nitrogen and oxygen atoms in total. The number of rotatable bonds is 5. The minimum atomic E-state index is -3.71. The largest absolute Gasteiger partial charge is 0.448 e. The second-order valence-electron chi connectivity index (χ2n) is 9.64. The van der Waals surface area contributed by atoms with E-state index < -0.39 is 10.0 Å². The summed E-state index contributed by atoms with van der Waals surface area (Å²) >= 11 is 5.95. The Morgan fingerprint density at radius 1 is 1.00 bits per heavy atom. The minimum Gasteiger partial charge on any atom is -0.448 e. The summed E-state index contributed by atoms with van der Waals surface area (Å²) in [6.07, 6.45) is 8.10. The van der Waals surface area contributed by atoms with Crippen LogP contribution < -0.4 is 0 Å². The van der Waals surface area contributed by atoms with E-state index in [1.165, 1.54) is 42.1 Å². The van der Waals surface area contributed by atoms with Gasteiger partial charge in [0.05, 0.1) is 10.9 Å². The Balaban J connectivity index is 1.37. The van der Waals surface area contributed by atoms with Gasteiger partial charge < -0.3 is 9.64 Å². The van der Waals surface area contributed by atoms with Crippen molar-refractivity contribution < 1.29 is 17.9 Å². The number of hydrogen-bond donors (Lipinski definition) is 0. The van der Waals surface area contributed by atoms with Crippen molar-refractivity contribution in [2.75, 3.05) is 32.8 Å². The van der Waals surface area contributed by atoms with Gasteiger partial charge in [-0.25, -0.2) is 13.2 Å². The Labute approximate surface area is 203 Å². The van der Waals surface area contributed by atoms with Gasteiger partial charge in [0, 0.05) is 30.2 Å². The second kappa shape index (κ2) is 10.9. The summed E-state index contributed by atoms with van der Waals surface area (Å²) in [5.74, 6) is 0. The zero-order valence-corrected chi connectivity index (χ0v) is 21.1. The van der Waals surface area contributed by atoms with Gasteiger partial charge in [-0.15, -0.1) is 0 Å². The lowest BCUT2D eigenvalue weighted by Gasteiger charge is -2.39. The molecule has 184 valence electrons. The molecule has 0 spiro atoms. The van der Waals surface area contributed by atoms with E-state index in [1.807, 2.05) is 6.92 Å². The van der Waals surface area contributed by atoms with Crippen LogP contribution in [0.2, 0.25) is 5.02 Å². The number of hydrogen-bond acceptors (Lipinski definition) is 5. The maximum absolute atomic E-state index is 13.4. The van der Waals surface area contributed by atoms with Crippen LogP contribution in [0, 0.1) is 0 Å². The van der Waals surface area contributed by atoms with Gasteiger partial charge >= 0.3 is 6.09 Å². The van der Waals surface area contributed by atoms with Crippen molar-refractivity contribution in [3.63, 3.8) is 0 Å². The highest BCUT2D eigenvalue weighted by molar-refractivity contribution is 7.89. The quantitative estimate of drug-likeness (QED) is 0.604. The van der Waals surface area contributed by atoms with Gasteiger partial charge in [0.15, 0.2) is 0 Å². The third-order valence-electron chi connectivity index (χ3n) is 7.32. The van der Waals surface area contributed by atoms with Crippen LogP contribution in [-0.2, 0) is 14.8 Å². The molecule has 1 aromatic rings. The highest BCUT2D eigenvalue weighted by Crippen LogP contribution is 2.31. The minimum absolute atomic E-state index is 0.0842. The average Bonchev–Trinajstić information content (AvgIpc) is 3.13. The molecule has 0 N–H and O–H groups in total. The standard InChI is InChI=1S/C24H36ClN3O4S/c1-19-7-6-8-22(28(19)33(30,31)23-11-9-20(25)10-12-23)18-32-24(29)27-16-13-21(17-27)26-14-4-2-3-5-15-26/h9-12,19,21-22H,2-8,13-18H2,1H3/t19-,21?,22-/m1/s1. The van der Waals surface area contributed by atoms with E-state index in [0.717, 1.165) is 32.4 Å². The summed E-state index contributed by atoms with van der Waals surface area (Å²) in [5.41, 5.74) is 0. The number of sulfonamides is 1. The van der Waals surface area contributed by atoms with Crippen LogP contribution in [0.25, 0.3) is 0 Å². The molecule has 0 saturated carbocycles. The molecule has 0 radical (unpaired) electrons. The van der Waals surface area contributed by atoms with Crippen molar-refractivity contribution in [2.24, 2.45) is 0 Å². The van der Waals surface area contributed by atoms with E-state index in [0.29, 0.717) is 30.6 Å². The number of piperidine rings is 1. The van der Waals surface area contributed by atoms with E-state index in [-0.39, 0.29) is 29.7 Å². The van der Waals surface area contributed by atoms with E-state index >= 15 is 0 Å². The van der Waals surface area contributed by atoms with Gasteiger partial charge in [0.2, 0.25) is 10.0 Å². The molecule has 0 aliphatic carbocycles. The first-order chi connectivity index (χ1) is 15.9. The molecule has 3 atom stereocenters. The summed E-state index contributed by atoms with van der Waals surface area (Å²) in [6, 6.07) is 6.15. The monoisotopic (exact) mass is 497 g/mol. The molecule has 3 saturated heterocycles. The first kappa shape index (κ1) is 24.8. The SMILES string of the molecule is C[C@@H]1CCC[C@H](COC(=O)N2CCC(N3CCCCCC3)C2)N1S(=O)(=O)c1ccc(Cl)cc1. The van der Waals surface area contributed by atoms with Crippen molar-refractivity contribution in [3.05, 3.63) is 29.3 Å². The molecule has 3 heterocycles. The van der Waals surface area contributed by atoms with Crippen LogP contribution in [0.5, 0.6) is 0 Å². The maximum Gasteiger partial charge on any atom is 0.409 e. The Bertz CT molecular complexity index is 903. The van der Waals surface area contributed by atoms with Crippen molar-refractivity contribution in [1.82, 2.24) is 14.1 Å². The smallest absolute Gasteiger partial charge is 0.409 e. The van der Waals surface area contributed by atoms with Gasteiger partial charge in [0.1, 0.15) is 6.61 Å². The lowest BCUT2D eigenvalue weighted by atomic mass is 10.0. The molecule has 1 amide bonds. The lowest BCUT2D eigenvalue weighted by molar-refractivity contribution is 0.0673. The first-order valence-corrected chi connectivity index (χ1v) is 14.1. The van der Waals surface area contributed by atoms with Crippen molar-refractivity contribution in [1.29, 1.82) is 0 Å². The fourth-order valence-electron chi connectivity index (χ4n) is 5.51. The molecule has 1 aromatic carbocycles. The lowest BCUT2D eigenvalue weighted by Crippen LogP contribution is -2.51. The fraction of sp³-hybridized carbons (Fsp3) is 0.708. The van der Waals surface area contributed by atoms with Gasteiger partial charge in [-0.3, -0.25) is 4.90 Å². The molecule has 3 aliphatic rings. The Morgan fingerprint density at radius 2 is 1.70 bits per heavy atom. The number of nitrogens with zero attached hydrogens (tertiary/aromatic N) is 3. The van der Waals surface area contributed by atoms with Crippen LogP contribution in [0.15, 0.2) is 29.2 Å². The Morgan fingerprint density at radius 3 is 2.39 bits per heavy atom. The molecule has 3 aliphatic heterocycles. The van der Waals surface area contributed by atoms with Crippen molar-refractivity contribution in [2.45, 2.75) is 81.3 Å². The van der Waals surface area contributed by atoms with Crippen LogP contribution >= 0.6 is 11.6 Å². The normalized spacial score (nSPS) is 27.9. The van der Waals surface area contributed by atoms with Crippen molar-refractivity contribution >= 4 is 27.7 Å². The Kier molecular flexibility index (Phi) is 8.20. The molecule has 1 unspecified atom stereocenters. The number of benzene rings is 1. The van der Waals surface area contributed by atoms with E-state index in [2.05, 4.69) is 4.90 Å². The number of ether oxygens (including phenoxy) is 1. The zero-order valence-electron chi connectivity index (χ0n) is 19.5. The van der Waals surface area contributed by atoms with Gasteiger partial charge in [-0.2, -0.15) is 4.31 Å². The molecule has 9 heteroatoms. The molecular formula is C24H36ClN3O4S. The predicted molar refractivity (Wildman–Crippen MR) is 129 cm³/mol. The molecule has 0 bridgehead atoms. The third kappa shape index (κ3) is 5.84. The van der Waals surface area contributed by atoms with Crippen LogP contribution in [0.1, 0.15) is 58.3 Å². The van der Waals surface area contributed by atoms with Gasteiger partial charge in [0.25, 0.3) is 0 Å². The summed E-state index contributed by atoms with van der Waals surface area (Å²) in [6.45, 7) is 5.64. The van der Waals surface area contributed by atoms with E-state index in [4.69, 9.17) is 16.3 Å². The topological polar surface area (TPSA) is 70.2 Å². The van der Waals surface area contributed by atoms with E-state index in [1.54, 1.807) is 17.0 Å². The zero-order chi connectivity index (χ0) is 23.4. The average molecular weight is 498 g/mol. The fourth-order valence-corrected chi connectivity index (χ4v) is 7.49. The van der Waals surface area contributed by atoms with Crippen LogP contribution in [0.3, 0.4) is 0 Å². The van der Waals surface area contributed by atoms with Gasteiger partial charge in [-0.05, 0) is 76.4 Å². The van der Waals surface area contributed by atoms with Crippen LogP contribution in [0.4, 0.5) is 4.79 Å². The van der Waals surface area contributed by atoms with E-state index in [9.17, 15) is 13.2 Å². The molecule has 3 fully saturated rings. The van der Waals surface area contributed by atoms with Gasteiger partial charge in [-0.1, -0.05) is 30.9 Å². The number of halogens is 1. The Hall–Kier alpha value is -1.35. The number of carbonyl (C=O) groups is 1. The van der Waals surface area contributed by atoms with Crippen LogP contribution in [-0.4, -0.2) is 79.5 Å². The summed E-state index contributed by atoms with van der Waals surface area (Å²) < 4.78 is 34.0. The number of carbonyl (C=O) groups excluding carboxylic acids is 1. The summed E-state index contributed by atoms with van der Waals surface area (Å²) in [7, 11) is -3.71. The third-order valence-corrected chi connectivity index (χ3v) is 9.65. The molecule has 4 rings (SSSR count). The van der Waals surface area contributed by atoms with Crippen molar-refractivity contribution in [3.8, 4) is 0 Å². The number of likely N-dealkylation sites (tertiary alicyclic amines) is 2. The molecular weight excluding hydrogens is 462 g/mol. The maximum atomic E-state index is 13.4. The summed E-state index contributed by atoms with van der Waals surface area (Å²) in [4.78, 5) is 17.4. The molecule has 33 heavy (non-hydrogen) atoms. The summed E-state index contributed by atoms with van der Waals surface area (Å²) in [5, 5.41) is 0.496. The highest BCUT2D eigenvalue weighted by atomic mass is 35.5. The first-order valence-electron chi connectivity index (χ1n) is 12.3. The molecule has 0 aromatic heterocycles. The highest BCUT2D eigenvalue weighted by Gasteiger charge is 2.39.